The van der Waals surface area contributed by atoms with Gasteiger partial charge in [-0.3, -0.25) is 0 Å². The van der Waals surface area contributed by atoms with Crippen molar-refractivity contribution in [2.24, 2.45) is 5.92 Å². The Morgan fingerprint density at radius 2 is 1.94 bits per heavy atom. The van der Waals surface area contributed by atoms with Crippen LogP contribution in [0, 0.1) is 12.8 Å². The van der Waals surface area contributed by atoms with E-state index < -0.39 is 0 Å². The molecule has 0 aromatic heterocycles. The van der Waals surface area contributed by atoms with Gasteiger partial charge >= 0.3 is 0 Å². The van der Waals surface area contributed by atoms with Crippen LogP contribution in [0.1, 0.15) is 51.0 Å². The molecule has 1 aromatic carbocycles. The van der Waals surface area contributed by atoms with Gasteiger partial charge in [0.1, 0.15) is 0 Å². The maximum absolute atomic E-state index is 6.16. The van der Waals surface area contributed by atoms with Crippen LogP contribution < -0.4 is 5.32 Å². The van der Waals surface area contributed by atoms with Crippen LogP contribution in [0.15, 0.2) is 18.2 Å². The SMILES string of the molecule is CCCC1CCC(Nc2ccc(C)c(Cl)c2)CC1. The van der Waals surface area contributed by atoms with E-state index >= 15 is 0 Å². The molecule has 1 aliphatic carbocycles. The van der Waals surface area contributed by atoms with Crippen LogP contribution in [-0.2, 0) is 0 Å². The number of rotatable bonds is 4. The summed E-state index contributed by atoms with van der Waals surface area (Å²) in [6.45, 7) is 4.33. The number of nitrogens with one attached hydrogen (secondary N) is 1. The fourth-order valence-corrected chi connectivity index (χ4v) is 3.10. The van der Waals surface area contributed by atoms with Crippen molar-refractivity contribution in [2.75, 3.05) is 5.32 Å². The molecule has 1 saturated carbocycles. The zero-order valence-corrected chi connectivity index (χ0v) is 12.3. The number of aryl methyl sites for hydroxylation is 1. The normalized spacial score (nSPS) is 23.9. The second kappa shape index (κ2) is 6.47. The van der Waals surface area contributed by atoms with Crippen LogP contribution in [0.5, 0.6) is 0 Å². The molecule has 0 unspecified atom stereocenters. The zero-order valence-electron chi connectivity index (χ0n) is 11.5. The van der Waals surface area contributed by atoms with Crippen LogP contribution in [-0.4, -0.2) is 6.04 Å². The van der Waals surface area contributed by atoms with E-state index in [0.717, 1.165) is 16.5 Å². The highest BCUT2D eigenvalue weighted by molar-refractivity contribution is 6.31. The van der Waals surface area contributed by atoms with Gasteiger partial charge in [-0.1, -0.05) is 37.4 Å². The van der Waals surface area contributed by atoms with Crippen molar-refractivity contribution in [1.82, 2.24) is 0 Å². The lowest BCUT2D eigenvalue weighted by atomic mass is 9.83. The van der Waals surface area contributed by atoms with Gasteiger partial charge in [-0.05, 0) is 56.2 Å². The minimum atomic E-state index is 0.636. The Morgan fingerprint density at radius 1 is 1.22 bits per heavy atom. The molecule has 0 radical (unpaired) electrons. The van der Waals surface area contributed by atoms with E-state index in [4.69, 9.17) is 11.6 Å². The topological polar surface area (TPSA) is 12.0 Å². The first-order valence-corrected chi connectivity index (χ1v) is 7.59. The highest BCUT2D eigenvalue weighted by atomic mass is 35.5. The molecule has 1 aliphatic rings. The molecule has 0 heterocycles. The molecule has 0 saturated heterocycles. The maximum Gasteiger partial charge on any atom is 0.0455 e. The largest absolute Gasteiger partial charge is 0.382 e. The van der Waals surface area contributed by atoms with Crippen molar-refractivity contribution in [1.29, 1.82) is 0 Å². The second-order valence-electron chi connectivity index (χ2n) is 5.61. The van der Waals surface area contributed by atoms with Crippen molar-refractivity contribution in [3.63, 3.8) is 0 Å². The molecule has 100 valence electrons. The molecule has 2 heteroatoms. The fraction of sp³-hybridized carbons (Fsp3) is 0.625. The highest BCUT2D eigenvalue weighted by Crippen LogP contribution is 2.30. The van der Waals surface area contributed by atoms with Gasteiger partial charge in [0.25, 0.3) is 0 Å². The summed E-state index contributed by atoms with van der Waals surface area (Å²) in [7, 11) is 0. The van der Waals surface area contributed by atoms with E-state index in [9.17, 15) is 0 Å². The Labute approximate surface area is 116 Å². The van der Waals surface area contributed by atoms with Gasteiger partial charge in [0.05, 0.1) is 0 Å². The van der Waals surface area contributed by atoms with E-state index in [2.05, 4.69) is 30.4 Å². The molecular weight excluding hydrogens is 242 g/mol. The Balaban J connectivity index is 1.85. The number of halogens is 1. The lowest BCUT2D eigenvalue weighted by Gasteiger charge is -2.29. The molecule has 0 amide bonds. The van der Waals surface area contributed by atoms with Crippen molar-refractivity contribution in [2.45, 2.75) is 58.4 Å². The van der Waals surface area contributed by atoms with Crippen LogP contribution >= 0.6 is 11.6 Å². The molecule has 1 aromatic rings. The van der Waals surface area contributed by atoms with Crippen molar-refractivity contribution >= 4 is 17.3 Å². The summed E-state index contributed by atoms with van der Waals surface area (Å²) >= 11 is 6.16. The third kappa shape index (κ3) is 3.65. The minimum Gasteiger partial charge on any atom is -0.382 e. The van der Waals surface area contributed by atoms with E-state index in [1.165, 1.54) is 44.2 Å². The second-order valence-corrected chi connectivity index (χ2v) is 6.02. The molecule has 18 heavy (non-hydrogen) atoms. The molecule has 0 aliphatic heterocycles. The van der Waals surface area contributed by atoms with Crippen molar-refractivity contribution < 1.29 is 0 Å². The Kier molecular flexibility index (Phi) is 4.94. The molecule has 0 atom stereocenters. The summed E-state index contributed by atoms with van der Waals surface area (Å²) in [5, 5.41) is 4.49. The van der Waals surface area contributed by atoms with Gasteiger partial charge < -0.3 is 5.32 Å². The average Bonchev–Trinajstić information content (AvgIpc) is 2.37. The predicted octanol–water partition coefficient (Wildman–Crippen LogP) is 5.42. The van der Waals surface area contributed by atoms with Gasteiger partial charge in [-0.2, -0.15) is 0 Å². The minimum absolute atomic E-state index is 0.636. The Bertz CT molecular complexity index is 381. The zero-order chi connectivity index (χ0) is 13.0. The number of anilines is 1. The van der Waals surface area contributed by atoms with Crippen LogP contribution in [0.25, 0.3) is 0 Å². The third-order valence-corrected chi connectivity index (χ3v) is 4.49. The smallest absolute Gasteiger partial charge is 0.0455 e. The van der Waals surface area contributed by atoms with E-state index in [-0.39, 0.29) is 0 Å². The first kappa shape index (κ1) is 13.7. The van der Waals surface area contributed by atoms with Crippen LogP contribution in [0.3, 0.4) is 0 Å². The summed E-state index contributed by atoms with van der Waals surface area (Å²) < 4.78 is 0. The van der Waals surface area contributed by atoms with Crippen molar-refractivity contribution in [3.8, 4) is 0 Å². The lowest BCUT2D eigenvalue weighted by molar-refractivity contribution is 0.319. The predicted molar refractivity (Wildman–Crippen MR) is 80.5 cm³/mol. The first-order valence-electron chi connectivity index (χ1n) is 7.21. The Hall–Kier alpha value is -0.690. The fourth-order valence-electron chi connectivity index (χ4n) is 2.92. The first-order chi connectivity index (χ1) is 8.69. The van der Waals surface area contributed by atoms with Gasteiger partial charge in [0.2, 0.25) is 0 Å². The molecule has 1 nitrogen and oxygen atoms in total. The lowest BCUT2D eigenvalue weighted by Crippen LogP contribution is -2.26. The van der Waals surface area contributed by atoms with Gasteiger partial charge in [0.15, 0.2) is 0 Å². The average molecular weight is 266 g/mol. The van der Waals surface area contributed by atoms with Gasteiger partial charge in [0, 0.05) is 16.8 Å². The molecular formula is C16H24ClN. The number of hydrogen-bond donors (Lipinski definition) is 1. The molecule has 1 N–H and O–H groups in total. The molecule has 2 rings (SSSR count). The Morgan fingerprint density at radius 3 is 2.56 bits per heavy atom. The molecule has 0 spiro atoms. The number of benzene rings is 1. The summed E-state index contributed by atoms with van der Waals surface area (Å²) in [5.74, 6) is 0.967. The van der Waals surface area contributed by atoms with Gasteiger partial charge in [-0.25, -0.2) is 0 Å². The quantitative estimate of drug-likeness (QED) is 0.767. The summed E-state index contributed by atoms with van der Waals surface area (Å²) in [5.41, 5.74) is 2.32. The van der Waals surface area contributed by atoms with Gasteiger partial charge in [-0.15, -0.1) is 0 Å². The van der Waals surface area contributed by atoms with Crippen LogP contribution in [0.4, 0.5) is 5.69 Å². The standard InChI is InChI=1S/C16H24ClN/c1-3-4-13-6-9-14(10-7-13)18-15-8-5-12(2)16(17)11-15/h5,8,11,13-14,18H,3-4,6-7,9-10H2,1-2H3. The van der Waals surface area contributed by atoms with Crippen molar-refractivity contribution in [3.05, 3.63) is 28.8 Å². The van der Waals surface area contributed by atoms with E-state index in [1.54, 1.807) is 0 Å². The monoisotopic (exact) mass is 265 g/mol. The summed E-state index contributed by atoms with van der Waals surface area (Å²) in [6.07, 6.45) is 8.10. The van der Waals surface area contributed by atoms with E-state index in [1.807, 2.05) is 6.92 Å². The summed E-state index contributed by atoms with van der Waals surface area (Å²) in [4.78, 5) is 0. The molecule has 0 bridgehead atoms. The third-order valence-electron chi connectivity index (χ3n) is 4.09. The maximum atomic E-state index is 6.16. The summed E-state index contributed by atoms with van der Waals surface area (Å²) in [6, 6.07) is 6.92. The van der Waals surface area contributed by atoms with E-state index in [0.29, 0.717) is 6.04 Å². The number of hydrogen-bond acceptors (Lipinski definition) is 1. The highest BCUT2D eigenvalue weighted by Gasteiger charge is 2.20. The van der Waals surface area contributed by atoms with Crippen LogP contribution in [0.2, 0.25) is 5.02 Å². The molecule has 1 fully saturated rings.